The van der Waals surface area contributed by atoms with Gasteiger partial charge in [0.05, 0.1) is 24.4 Å². The summed E-state index contributed by atoms with van der Waals surface area (Å²) < 4.78 is 9.12. The Morgan fingerprint density at radius 3 is 2.82 bits per heavy atom. The van der Waals surface area contributed by atoms with Crippen molar-refractivity contribution >= 4 is 5.91 Å². The van der Waals surface area contributed by atoms with Crippen molar-refractivity contribution in [2.75, 3.05) is 13.7 Å². The predicted molar refractivity (Wildman–Crippen MR) is 82.9 cm³/mol. The van der Waals surface area contributed by atoms with Gasteiger partial charge in [-0.3, -0.25) is 4.79 Å². The van der Waals surface area contributed by atoms with Crippen LogP contribution in [0.15, 0.2) is 18.3 Å². The van der Waals surface area contributed by atoms with E-state index in [1.807, 2.05) is 48.8 Å². The zero-order valence-electron chi connectivity index (χ0n) is 13.5. The Labute approximate surface area is 130 Å². The van der Waals surface area contributed by atoms with Crippen LogP contribution in [0.1, 0.15) is 40.6 Å². The second-order valence-corrected chi connectivity index (χ2v) is 5.79. The summed E-state index contributed by atoms with van der Waals surface area (Å²) >= 11 is 0. The molecule has 0 saturated carbocycles. The molecule has 3 rings (SSSR count). The SMILES string of the molecule is COc1c([C@@H]2CCCN2C(=O)c2cccn2C)c(C)nn1C. The van der Waals surface area contributed by atoms with Crippen LogP contribution in [0.4, 0.5) is 0 Å². The number of likely N-dealkylation sites (tertiary alicyclic amines) is 1. The van der Waals surface area contributed by atoms with Crippen LogP contribution in [0.5, 0.6) is 5.88 Å². The lowest BCUT2D eigenvalue weighted by Gasteiger charge is -2.25. The molecule has 0 aliphatic carbocycles. The van der Waals surface area contributed by atoms with Gasteiger partial charge in [-0.1, -0.05) is 0 Å². The van der Waals surface area contributed by atoms with Crippen LogP contribution in [0.25, 0.3) is 0 Å². The van der Waals surface area contributed by atoms with E-state index in [-0.39, 0.29) is 11.9 Å². The number of hydrogen-bond acceptors (Lipinski definition) is 3. The smallest absolute Gasteiger partial charge is 0.270 e. The summed E-state index contributed by atoms with van der Waals surface area (Å²) in [6.45, 7) is 2.74. The summed E-state index contributed by atoms with van der Waals surface area (Å²) in [5.74, 6) is 0.814. The third-order valence-corrected chi connectivity index (χ3v) is 4.42. The first-order valence-corrected chi connectivity index (χ1v) is 7.54. The fraction of sp³-hybridized carbons (Fsp3) is 0.500. The highest BCUT2D eigenvalue weighted by atomic mass is 16.5. The molecular weight excluding hydrogens is 280 g/mol. The second-order valence-electron chi connectivity index (χ2n) is 5.79. The zero-order valence-corrected chi connectivity index (χ0v) is 13.5. The topological polar surface area (TPSA) is 52.3 Å². The highest BCUT2D eigenvalue weighted by Gasteiger charge is 2.35. The van der Waals surface area contributed by atoms with Crippen molar-refractivity contribution in [2.45, 2.75) is 25.8 Å². The van der Waals surface area contributed by atoms with E-state index < -0.39 is 0 Å². The Bertz CT molecular complexity index is 701. The van der Waals surface area contributed by atoms with Crippen molar-refractivity contribution < 1.29 is 9.53 Å². The zero-order chi connectivity index (χ0) is 15.9. The number of methoxy groups -OCH3 is 1. The average molecular weight is 302 g/mol. The van der Waals surface area contributed by atoms with E-state index in [0.29, 0.717) is 5.69 Å². The van der Waals surface area contributed by atoms with E-state index in [1.54, 1.807) is 11.8 Å². The number of rotatable bonds is 3. The third kappa shape index (κ3) is 2.19. The predicted octanol–water partition coefficient (Wildman–Crippen LogP) is 2.05. The summed E-state index contributed by atoms with van der Waals surface area (Å²) in [5, 5.41) is 4.45. The molecule has 0 spiro atoms. The molecule has 6 nitrogen and oxygen atoms in total. The molecule has 0 N–H and O–H groups in total. The Balaban J connectivity index is 1.98. The molecule has 1 amide bonds. The number of carbonyl (C=O) groups excluding carboxylic acids is 1. The molecule has 3 heterocycles. The minimum Gasteiger partial charge on any atom is -0.481 e. The van der Waals surface area contributed by atoms with E-state index >= 15 is 0 Å². The summed E-state index contributed by atoms with van der Waals surface area (Å²) in [6.07, 6.45) is 3.84. The maximum Gasteiger partial charge on any atom is 0.270 e. The monoisotopic (exact) mass is 302 g/mol. The first-order chi connectivity index (χ1) is 10.5. The van der Waals surface area contributed by atoms with Crippen LogP contribution in [0.2, 0.25) is 0 Å². The van der Waals surface area contributed by atoms with Crippen LogP contribution >= 0.6 is 0 Å². The Hall–Kier alpha value is -2.24. The van der Waals surface area contributed by atoms with Crippen molar-refractivity contribution in [3.63, 3.8) is 0 Å². The van der Waals surface area contributed by atoms with Crippen LogP contribution in [-0.2, 0) is 14.1 Å². The molecule has 22 heavy (non-hydrogen) atoms. The number of aryl methyl sites for hydroxylation is 3. The highest BCUT2D eigenvalue weighted by molar-refractivity contribution is 5.93. The van der Waals surface area contributed by atoms with Crippen molar-refractivity contribution in [3.8, 4) is 5.88 Å². The molecule has 1 aliphatic rings. The Kier molecular flexibility index (Phi) is 3.68. The van der Waals surface area contributed by atoms with Gasteiger partial charge in [-0.25, -0.2) is 4.68 Å². The average Bonchev–Trinajstić information content (AvgIpc) is 3.16. The molecule has 1 atom stereocenters. The van der Waals surface area contributed by atoms with E-state index in [9.17, 15) is 4.79 Å². The van der Waals surface area contributed by atoms with Gasteiger partial charge in [0.15, 0.2) is 0 Å². The maximum absolute atomic E-state index is 12.9. The largest absolute Gasteiger partial charge is 0.481 e. The number of hydrogen-bond donors (Lipinski definition) is 0. The number of aromatic nitrogens is 3. The molecule has 6 heteroatoms. The summed E-state index contributed by atoms with van der Waals surface area (Å²) in [5.41, 5.74) is 2.67. The van der Waals surface area contributed by atoms with E-state index in [4.69, 9.17) is 4.74 Å². The van der Waals surface area contributed by atoms with Crippen molar-refractivity contribution in [2.24, 2.45) is 14.1 Å². The summed E-state index contributed by atoms with van der Waals surface area (Å²) in [4.78, 5) is 14.8. The van der Waals surface area contributed by atoms with Crippen LogP contribution in [0.3, 0.4) is 0 Å². The molecule has 0 bridgehead atoms. The minimum atomic E-state index is 0.0334. The number of carbonyl (C=O) groups is 1. The maximum atomic E-state index is 12.9. The van der Waals surface area contributed by atoms with E-state index in [0.717, 1.165) is 36.5 Å². The van der Waals surface area contributed by atoms with Gasteiger partial charge in [0.2, 0.25) is 5.88 Å². The van der Waals surface area contributed by atoms with Gasteiger partial charge in [-0.05, 0) is 31.9 Å². The second kappa shape index (κ2) is 5.51. The van der Waals surface area contributed by atoms with Crippen molar-refractivity contribution in [3.05, 3.63) is 35.3 Å². The molecular formula is C16H22N4O2. The lowest BCUT2D eigenvalue weighted by molar-refractivity contribution is 0.0724. The van der Waals surface area contributed by atoms with Gasteiger partial charge in [-0.2, -0.15) is 5.10 Å². The fourth-order valence-electron chi connectivity index (χ4n) is 3.42. The summed E-state index contributed by atoms with van der Waals surface area (Å²) in [6, 6.07) is 3.80. The quantitative estimate of drug-likeness (QED) is 0.872. The van der Waals surface area contributed by atoms with E-state index in [2.05, 4.69) is 5.10 Å². The van der Waals surface area contributed by atoms with Gasteiger partial charge in [0.25, 0.3) is 5.91 Å². The number of nitrogens with zero attached hydrogens (tertiary/aromatic N) is 4. The Morgan fingerprint density at radius 2 is 2.18 bits per heavy atom. The molecule has 0 unspecified atom stereocenters. The van der Waals surface area contributed by atoms with Crippen molar-refractivity contribution in [1.82, 2.24) is 19.2 Å². The van der Waals surface area contributed by atoms with Gasteiger partial charge in [-0.15, -0.1) is 0 Å². The molecule has 1 saturated heterocycles. The summed E-state index contributed by atoms with van der Waals surface area (Å²) in [7, 11) is 5.42. The minimum absolute atomic E-state index is 0.0334. The number of ether oxygens (including phenoxy) is 1. The fourth-order valence-corrected chi connectivity index (χ4v) is 3.42. The van der Waals surface area contributed by atoms with Gasteiger partial charge >= 0.3 is 0 Å². The molecule has 0 aromatic carbocycles. The van der Waals surface area contributed by atoms with Gasteiger partial charge in [0, 0.05) is 26.8 Å². The molecule has 1 fully saturated rings. The molecule has 118 valence electrons. The van der Waals surface area contributed by atoms with Gasteiger partial charge in [0.1, 0.15) is 5.69 Å². The third-order valence-electron chi connectivity index (χ3n) is 4.42. The number of amides is 1. The first-order valence-electron chi connectivity index (χ1n) is 7.54. The lowest BCUT2D eigenvalue weighted by Crippen LogP contribution is -2.32. The standard InChI is InChI=1S/C16H22N4O2/c1-11-14(16(22-4)19(3)17-11)12-7-6-10-20(12)15(21)13-8-5-9-18(13)2/h5,8-9,12H,6-7,10H2,1-4H3/t12-/m0/s1. The molecule has 0 radical (unpaired) electrons. The molecule has 2 aromatic rings. The highest BCUT2D eigenvalue weighted by Crippen LogP contribution is 2.39. The van der Waals surface area contributed by atoms with Crippen LogP contribution in [0, 0.1) is 6.92 Å². The van der Waals surface area contributed by atoms with Crippen LogP contribution < -0.4 is 4.74 Å². The van der Waals surface area contributed by atoms with E-state index in [1.165, 1.54) is 0 Å². The van der Waals surface area contributed by atoms with Crippen molar-refractivity contribution in [1.29, 1.82) is 0 Å². The molecule has 1 aliphatic heterocycles. The lowest BCUT2D eigenvalue weighted by atomic mass is 10.0. The van der Waals surface area contributed by atoms with Gasteiger partial charge < -0.3 is 14.2 Å². The molecule has 2 aromatic heterocycles. The Morgan fingerprint density at radius 1 is 1.41 bits per heavy atom. The van der Waals surface area contributed by atoms with Crippen LogP contribution in [-0.4, -0.2) is 38.8 Å². The first kappa shape index (κ1) is 14.7. The normalized spacial score (nSPS) is 18.0.